The van der Waals surface area contributed by atoms with E-state index in [2.05, 4.69) is 17.2 Å². The van der Waals surface area contributed by atoms with Crippen molar-refractivity contribution >= 4 is 5.97 Å². The predicted molar refractivity (Wildman–Crippen MR) is 208 cm³/mol. The molecule has 0 amide bonds. The number of methoxy groups -OCH3 is 2. The lowest BCUT2D eigenvalue weighted by molar-refractivity contribution is -0.327. The van der Waals surface area contributed by atoms with E-state index >= 15 is 0 Å². The maximum Gasteiger partial charge on any atom is 0.311 e. The van der Waals surface area contributed by atoms with Crippen LogP contribution in [0.1, 0.15) is 94.9 Å². The number of nitrogens with zero attached hydrogens (tertiary/aromatic N) is 1. The van der Waals surface area contributed by atoms with Gasteiger partial charge in [-0.15, -0.1) is 0 Å². The molecule has 0 spiro atoms. The summed E-state index contributed by atoms with van der Waals surface area (Å²) in [5.74, 6) is 2.92. The van der Waals surface area contributed by atoms with E-state index < -0.39 is 95.5 Å². The van der Waals surface area contributed by atoms with Gasteiger partial charge in [-0.1, -0.05) is 32.6 Å². The summed E-state index contributed by atoms with van der Waals surface area (Å²) >= 11 is 0. The van der Waals surface area contributed by atoms with Crippen LogP contribution in [0.15, 0.2) is 0 Å². The molecule has 15 heteroatoms. The maximum atomic E-state index is 14.3. The highest BCUT2D eigenvalue weighted by Gasteiger charge is 2.58. The Kier molecular flexibility index (Phi) is 17.2. The highest BCUT2D eigenvalue weighted by Crippen LogP contribution is 2.43. The zero-order chi connectivity index (χ0) is 42.6. The molecule has 3 rings (SSSR count). The molecule has 18 atom stereocenters. The lowest BCUT2D eigenvalue weighted by atomic mass is 9.75. The molecule has 3 aliphatic heterocycles. The van der Waals surface area contributed by atoms with E-state index in [0.717, 1.165) is 0 Å². The van der Waals surface area contributed by atoms with E-state index in [1.807, 2.05) is 32.8 Å². The van der Waals surface area contributed by atoms with Crippen molar-refractivity contribution in [3.63, 3.8) is 0 Å². The van der Waals surface area contributed by atoms with Gasteiger partial charge in [0.2, 0.25) is 0 Å². The van der Waals surface area contributed by atoms with Crippen LogP contribution in [0.3, 0.4) is 0 Å². The van der Waals surface area contributed by atoms with E-state index in [1.54, 1.807) is 48.5 Å². The lowest BCUT2D eigenvalue weighted by Gasteiger charge is -2.51. The molecule has 0 saturated carbocycles. The van der Waals surface area contributed by atoms with Crippen LogP contribution in [0.25, 0.3) is 0 Å². The van der Waals surface area contributed by atoms with Gasteiger partial charge in [0.15, 0.2) is 18.2 Å². The van der Waals surface area contributed by atoms with E-state index in [4.69, 9.17) is 33.2 Å². The molecule has 0 aromatic rings. The van der Waals surface area contributed by atoms with Gasteiger partial charge >= 0.3 is 5.97 Å². The number of hydrogen-bond acceptors (Lipinski definition) is 15. The van der Waals surface area contributed by atoms with Gasteiger partial charge in [0.25, 0.3) is 0 Å². The topological polar surface area (TPSA) is 198 Å². The van der Waals surface area contributed by atoms with Crippen LogP contribution in [0.4, 0.5) is 0 Å². The molecule has 3 fully saturated rings. The SMILES string of the molecule is CCC1OC(=O)[C@H](C)[C@@H](O[C@H]2C[C@@](C)(OC)[C@@](O)(C#CCOC)[C@H](C)O2)[C@H](C)[C@@H](O[C@@H]2O[C@H](C)C[C@H](N(C)C)[C@H]2O)[C@](C)(O)C[C@@H](C)CN[C@H](C)[C@@H](O)[C@]1(C)O. The molecule has 0 aromatic heterocycles. The summed E-state index contributed by atoms with van der Waals surface area (Å²) in [6, 6.07) is -0.903. The van der Waals surface area contributed by atoms with Gasteiger partial charge in [-0.3, -0.25) is 4.79 Å². The monoisotopic (exact) mass is 803 g/mol. The first-order valence-electron chi connectivity index (χ1n) is 20.2. The Labute approximate surface area is 335 Å². The fourth-order valence-corrected chi connectivity index (χ4v) is 8.84. The van der Waals surface area contributed by atoms with Gasteiger partial charge in [-0.2, -0.15) is 0 Å². The molecule has 15 nitrogen and oxygen atoms in total. The number of cyclic esters (lactones) is 1. The van der Waals surface area contributed by atoms with Gasteiger partial charge in [0.1, 0.15) is 42.2 Å². The Morgan fingerprint density at radius 3 is 2.18 bits per heavy atom. The van der Waals surface area contributed by atoms with Crippen LogP contribution in [-0.2, 0) is 38.0 Å². The first kappa shape index (κ1) is 48.9. The smallest absolute Gasteiger partial charge is 0.311 e. The molecule has 6 N–H and O–H groups in total. The number of likely N-dealkylation sites (N-methyl/N-ethyl adjacent to an activating group) is 1. The number of nitrogens with one attached hydrogen (secondary N) is 1. The van der Waals surface area contributed by atoms with Crippen LogP contribution in [-0.4, -0.2) is 168 Å². The highest BCUT2D eigenvalue weighted by molar-refractivity contribution is 5.73. The standard InChI is InChI=1S/C41H74N2O13/c1-15-30-40(10,48)34(45)27(6)42-22-23(2)20-38(8,47)35(56-37-32(44)29(43(11)12)19-24(3)52-37)25(4)33(26(5)36(46)54-30)55-31-21-39(9,51-14)41(49,28(7)53-31)17-16-18-50-13/h23-35,37,42,44-45,47-49H,15,18-22H2,1-14H3/t23-,24-,25+,26-,27-,28+,29+,30?,31+,32-,33+,34-,35-,37+,38-,39-,40-,41-/m1/s1. The fourth-order valence-electron chi connectivity index (χ4n) is 8.84. The maximum absolute atomic E-state index is 14.3. The van der Waals surface area contributed by atoms with Crippen LogP contribution < -0.4 is 5.32 Å². The van der Waals surface area contributed by atoms with E-state index in [0.29, 0.717) is 13.0 Å². The third-order valence-electron chi connectivity index (χ3n) is 12.5. The normalized spacial score (nSPS) is 47.6. The molecule has 1 unspecified atom stereocenters. The number of aliphatic hydroxyl groups excluding tert-OH is 2. The molecular weight excluding hydrogens is 728 g/mol. The molecule has 0 aromatic carbocycles. The average Bonchev–Trinajstić information content (AvgIpc) is 3.12. The number of carbonyl (C=O) groups is 1. The van der Waals surface area contributed by atoms with E-state index in [-0.39, 0.29) is 43.9 Å². The molecule has 0 radical (unpaired) electrons. The molecule has 3 heterocycles. The Morgan fingerprint density at radius 2 is 1.61 bits per heavy atom. The zero-order valence-electron chi connectivity index (χ0n) is 36.3. The number of hydrogen-bond donors (Lipinski definition) is 6. The van der Waals surface area contributed by atoms with Crippen molar-refractivity contribution in [1.82, 2.24) is 10.2 Å². The Balaban J connectivity index is 2.18. The number of ether oxygens (including phenoxy) is 7. The van der Waals surface area contributed by atoms with Crippen molar-refractivity contribution in [3.8, 4) is 11.8 Å². The minimum atomic E-state index is -1.83. The van der Waals surface area contributed by atoms with Crippen molar-refractivity contribution in [2.75, 3.05) is 41.5 Å². The first-order valence-corrected chi connectivity index (χ1v) is 20.2. The summed E-state index contributed by atoms with van der Waals surface area (Å²) in [6.45, 7) is 17.7. The lowest BCUT2D eigenvalue weighted by Crippen LogP contribution is -2.66. The number of carbonyl (C=O) groups excluding carboxylic acids is 1. The summed E-state index contributed by atoms with van der Waals surface area (Å²) in [5.41, 5.74) is -6.49. The molecule has 0 aliphatic carbocycles. The molecule has 56 heavy (non-hydrogen) atoms. The van der Waals surface area contributed by atoms with Gasteiger partial charge in [0, 0.05) is 38.6 Å². The summed E-state index contributed by atoms with van der Waals surface area (Å²) < 4.78 is 43.1. The molecular formula is C41H74N2O13. The third kappa shape index (κ3) is 10.8. The van der Waals surface area contributed by atoms with Gasteiger partial charge in [0.05, 0.1) is 29.8 Å². The van der Waals surface area contributed by atoms with Crippen molar-refractivity contribution in [2.45, 2.75) is 185 Å². The van der Waals surface area contributed by atoms with Crippen LogP contribution in [0, 0.1) is 29.6 Å². The second-order valence-corrected chi connectivity index (χ2v) is 17.6. The summed E-state index contributed by atoms with van der Waals surface area (Å²) in [4.78, 5) is 16.2. The minimum Gasteiger partial charge on any atom is -0.459 e. The van der Waals surface area contributed by atoms with Crippen molar-refractivity contribution < 1.29 is 63.5 Å². The van der Waals surface area contributed by atoms with Crippen LogP contribution in [0.2, 0.25) is 0 Å². The Morgan fingerprint density at radius 1 is 0.964 bits per heavy atom. The van der Waals surface area contributed by atoms with E-state index in [1.165, 1.54) is 21.1 Å². The second kappa shape index (κ2) is 19.7. The number of esters is 1. The van der Waals surface area contributed by atoms with Crippen molar-refractivity contribution in [2.24, 2.45) is 17.8 Å². The zero-order valence-corrected chi connectivity index (χ0v) is 36.3. The third-order valence-corrected chi connectivity index (χ3v) is 12.5. The predicted octanol–water partition coefficient (Wildman–Crippen LogP) is 1.58. The minimum absolute atomic E-state index is 0.00946. The summed E-state index contributed by atoms with van der Waals surface area (Å²) in [5, 5.41) is 62.3. The Hall–Kier alpha value is -1.49. The second-order valence-electron chi connectivity index (χ2n) is 17.6. The molecule has 0 bridgehead atoms. The first-order chi connectivity index (χ1) is 25.9. The largest absolute Gasteiger partial charge is 0.459 e. The Bertz CT molecular complexity index is 1320. The fraction of sp³-hybridized carbons (Fsp3) is 0.927. The molecule has 3 saturated heterocycles. The average molecular weight is 803 g/mol. The van der Waals surface area contributed by atoms with Crippen LogP contribution in [0.5, 0.6) is 0 Å². The van der Waals surface area contributed by atoms with E-state index in [9.17, 15) is 30.3 Å². The highest BCUT2D eigenvalue weighted by atomic mass is 16.7. The van der Waals surface area contributed by atoms with Gasteiger partial charge in [-0.25, -0.2) is 0 Å². The van der Waals surface area contributed by atoms with Crippen molar-refractivity contribution in [1.29, 1.82) is 0 Å². The van der Waals surface area contributed by atoms with Crippen LogP contribution >= 0.6 is 0 Å². The van der Waals surface area contributed by atoms with Gasteiger partial charge in [-0.05, 0) is 94.3 Å². The quantitative estimate of drug-likeness (QED) is 0.153. The number of rotatable bonds is 8. The number of aliphatic hydroxyl groups is 5. The molecule has 326 valence electrons. The summed E-state index contributed by atoms with van der Waals surface area (Å²) in [7, 11) is 6.71. The van der Waals surface area contributed by atoms with Crippen molar-refractivity contribution in [3.05, 3.63) is 0 Å². The summed E-state index contributed by atoms with van der Waals surface area (Å²) in [6.07, 6.45) is -8.12. The molecule has 3 aliphatic rings. The van der Waals surface area contributed by atoms with Gasteiger partial charge < -0.3 is 68.9 Å².